The molecule has 160 valence electrons. The van der Waals surface area contributed by atoms with Crippen LogP contribution in [0.4, 0.5) is 0 Å². The molecule has 0 radical (unpaired) electrons. The number of nitrogens with zero attached hydrogens (tertiary/aromatic N) is 1. The van der Waals surface area contributed by atoms with Crippen molar-refractivity contribution in [3.63, 3.8) is 0 Å². The molecule has 3 fully saturated rings. The van der Waals surface area contributed by atoms with E-state index in [1.807, 2.05) is 43.0 Å². The molecule has 3 aliphatic heterocycles. The van der Waals surface area contributed by atoms with Crippen molar-refractivity contribution in [1.29, 1.82) is 0 Å². The highest BCUT2D eigenvalue weighted by atomic mass is 79.9. The van der Waals surface area contributed by atoms with E-state index >= 15 is 0 Å². The zero-order valence-electron chi connectivity index (χ0n) is 17.6. The van der Waals surface area contributed by atoms with Gasteiger partial charge in [0.25, 0.3) is 5.91 Å². The molecule has 5 nitrogen and oxygen atoms in total. The highest BCUT2D eigenvalue weighted by Gasteiger charge is 2.53. The van der Waals surface area contributed by atoms with Crippen molar-refractivity contribution in [2.45, 2.75) is 76.3 Å². The van der Waals surface area contributed by atoms with Gasteiger partial charge in [-0.15, -0.1) is 0 Å². The van der Waals surface area contributed by atoms with Crippen LogP contribution in [-0.4, -0.2) is 59.0 Å². The first kappa shape index (κ1) is 21.3. The lowest BCUT2D eigenvalue weighted by Gasteiger charge is -2.52. The van der Waals surface area contributed by atoms with Gasteiger partial charge in [0.05, 0.1) is 30.0 Å². The first-order valence-corrected chi connectivity index (χ1v) is 11.5. The Labute approximate surface area is 181 Å². The molecule has 0 saturated carbocycles. The van der Waals surface area contributed by atoms with E-state index in [9.17, 15) is 9.90 Å². The third-order valence-corrected chi connectivity index (χ3v) is 7.90. The van der Waals surface area contributed by atoms with Gasteiger partial charge in [-0.2, -0.15) is 0 Å². The lowest BCUT2D eigenvalue weighted by molar-refractivity contribution is -0.239. The Morgan fingerprint density at radius 1 is 1.14 bits per heavy atom. The standard InChI is InChI=1S/C23H32BrNO4/c1-21(2)18(26)8-9-22(3)19(29-21)14-23(15-28-22)10-12-25(13-11-23)20(27)16-4-6-17(24)7-5-16/h4-7,18-19,26H,8-15H2,1-3H3/t18-,19-,22-/m1/s1. The number of likely N-dealkylation sites (tertiary alicyclic amines) is 1. The van der Waals surface area contributed by atoms with E-state index in [2.05, 4.69) is 22.9 Å². The minimum Gasteiger partial charge on any atom is -0.390 e. The summed E-state index contributed by atoms with van der Waals surface area (Å²) in [7, 11) is 0. The fourth-order valence-corrected chi connectivity index (χ4v) is 5.27. The summed E-state index contributed by atoms with van der Waals surface area (Å²) < 4.78 is 13.9. The fourth-order valence-electron chi connectivity index (χ4n) is 5.00. The molecule has 3 aliphatic rings. The van der Waals surface area contributed by atoms with Crippen molar-refractivity contribution in [2.24, 2.45) is 5.41 Å². The second kappa shape index (κ2) is 7.63. The van der Waals surface area contributed by atoms with E-state index in [4.69, 9.17) is 9.47 Å². The average molecular weight is 466 g/mol. The Morgan fingerprint density at radius 2 is 1.79 bits per heavy atom. The number of ether oxygens (including phenoxy) is 2. The zero-order chi connectivity index (χ0) is 20.9. The number of aliphatic hydroxyl groups excluding tert-OH is 1. The second-order valence-corrected chi connectivity index (χ2v) is 10.8. The smallest absolute Gasteiger partial charge is 0.253 e. The molecule has 1 N–H and O–H groups in total. The topological polar surface area (TPSA) is 59.0 Å². The van der Waals surface area contributed by atoms with Crippen LogP contribution in [0.5, 0.6) is 0 Å². The first-order chi connectivity index (χ1) is 13.6. The van der Waals surface area contributed by atoms with E-state index in [-0.39, 0.29) is 23.0 Å². The number of hydrogen-bond donors (Lipinski definition) is 1. The van der Waals surface area contributed by atoms with Gasteiger partial charge in [-0.25, -0.2) is 0 Å². The summed E-state index contributed by atoms with van der Waals surface area (Å²) in [6.45, 7) is 8.28. The van der Waals surface area contributed by atoms with Crippen LogP contribution >= 0.6 is 15.9 Å². The van der Waals surface area contributed by atoms with E-state index in [0.717, 1.165) is 48.8 Å². The van der Waals surface area contributed by atoms with Crippen molar-refractivity contribution in [3.8, 4) is 0 Å². The number of hydrogen-bond acceptors (Lipinski definition) is 4. The van der Waals surface area contributed by atoms with Crippen molar-refractivity contribution >= 4 is 21.8 Å². The van der Waals surface area contributed by atoms with Gasteiger partial charge in [0.2, 0.25) is 0 Å². The summed E-state index contributed by atoms with van der Waals surface area (Å²) in [5.74, 6) is 0.101. The lowest BCUT2D eigenvalue weighted by Crippen LogP contribution is -2.57. The maximum absolute atomic E-state index is 12.9. The maximum atomic E-state index is 12.9. The number of aliphatic hydroxyl groups is 1. The fraction of sp³-hybridized carbons (Fsp3) is 0.696. The van der Waals surface area contributed by atoms with Crippen molar-refractivity contribution < 1.29 is 19.4 Å². The molecule has 0 bridgehead atoms. The number of piperidine rings is 1. The number of fused-ring (bicyclic) bond motifs is 1. The SMILES string of the molecule is CC1(C)O[C@@H]2CC3(CCN(C(=O)c4ccc(Br)cc4)CC3)CO[C@]2(C)CC[C@H]1O. The predicted octanol–water partition coefficient (Wildman–Crippen LogP) is 4.17. The van der Waals surface area contributed by atoms with Crippen LogP contribution < -0.4 is 0 Å². The Balaban J connectivity index is 1.43. The van der Waals surface area contributed by atoms with E-state index in [1.54, 1.807) is 0 Å². The first-order valence-electron chi connectivity index (χ1n) is 10.7. The van der Waals surface area contributed by atoms with Crippen LogP contribution in [0.25, 0.3) is 0 Å². The number of carbonyl (C=O) groups is 1. The minimum absolute atomic E-state index is 0.0304. The molecule has 1 aromatic rings. The highest BCUT2D eigenvalue weighted by Crippen LogP contribution is 2.49. The van der Waals surface area contributed by atoms with Crippen LogP contribution in [0.3, 0.4) is 0 Å². The maximum Gasteiger partial charge on any atom is 0.253 e. The molecule has 1 spiro atoms. The molecule has 3 atom stereocenters. The Hall–Kier alpha value is -0.950. The van der Waals surface area contributed by atoms with Gasteiger partial charge in [0, 0.05) is 23.1 Å². The normalized spacial score (nSPS) is 33.8. The van der Waals surface area contributed by atoms with Crippen molar-refractivity contribution in [1.82, 2.24) is 4.90 Å². The zero-order valence-corrected chi connectivity index (χ0v) is 19.2. The molecule has 3 heterocycles. The van der Waals surface area contributed by atoms with E-state index < -0.39 is 11.7 Å². The van der Waals surface area contributed by atoms with Crippen LogP contribution in [0.2, 0.25) is 0 Å². The van der Waals surface area contributed by atoms with Gasteiger partial charge < -0.3 is 19.5 Å². The highest BCUT2D eigenvalue weighted by molar-refractivity contribution is 9.10. The van der Waals surface area contributed by atoms with Crippen LogP contribution in [0.15, 0.2) is 28.7 Å². The predicted molar refractivity (Wildman–Crippen MR) is 115 cm³/mol. The largest absolute Gasteiger partial charge is 0.390 e. The monoisotopic (exact) mass is 465 g/mol. The summed E-state index contributed by atoms with van der Waals surface area (Å²) in [4.78, 5) is 14.8. The number of carbonyl (C=O) groups excluding carboxylic acids is 1. The third kappa shape index (κ3) is 4.14. The van der Waals surface area contributed by atoms with Crippen molar-refractivity contribution in [3.05, 3.63) is 34.3 Å². The molecular weight excluding hydrogens is 434 g/mol. The molecule has 6 heteroatoms. The summed E-state index contributed by atoms with van der Waals surface area (Å²) in [5.41, 5.74) is -0.127. The van der Waals surface area contributed by atoms with Gasteiger partial charge in [0.15, 0.2) is 0 Å². The Kier molecular flexibility index (Phi) is 5.60. The molecule has 0 aliphatic carbocycles. The Bertz CT molecular complexity index is 757. The summed E-state index contributed by atoms with van der Waals surface area (Å²) in [6.07, 6.45) is 3.78. The third-order valence-electron chi connectivity index (χ3n) is 7.37. The quantitative estimate of drug-likeness (QED) is 0.675. The number of benzene rings is 1. The van der Waals surface area contributed by atoms with Crippen molar-refractivity contribution in [2.75, 3.05) is 19.7 Å². The van der Waals surface area contributed by atoms with Crippen LogP contribution in [0.1, 0.15) is 63.2 Å². The van der Waals surface area contributed by atoms with Gasteiger partial charge in [0.1, 0.15) is 0 Å². The number of halogens is 1. The number of rotatable bonds is 1. The average Bonchev–Trinajstić information content (AvgIpc) is 2.78. The van der Waals surface area contributed by atoms with Crippen LogP contribution in [-0.2, 0) is 9.47 Å². The molecule has 1 amide bonds. The molecule has 0 unspecified atom stereocenters. The van der Waals surface area contributed by atoms with Gasteiger partial charge >= 0.3 is 0 Å². The van der Waals surface area contributed by atoms with E-state index in [0.29, 0.717) is 13.0 Å². The molecule has 29 heavy (non-hydrogen) atoms. The summed E-state index contributed by atoms with van der Waals surface area (Å²) in [5, 5.41) is 10.5. The molecule has 4 rings (SSSR count). The van der Waals surface area contributed by atoms with Gasteiger partial charge in [-0.3, -0.25) is 4.79 Å². The van der Waals surface area contributed by atoms with Gasteiger partial charge in [-0.05, 0) is 82.6 Å². The summed E-state index contributed by atoms with van der Waals surface area (Å²) in [6, 6.07) is 7.57. The Morgan fingerprint density at radius 3 is 2.45 bits per heavy atom. The van der Waals surface area contributed by atoms with Crippen LogP contribution in [0, 0.1) is 5.41 Å². The molecular formula is C23H32BrNO4. The van der Waals surface area contributed by atoms with E-state index in [1.165, 1.54) is 0 Å². The minimum atomic E-state index is -0.567. The molecule has 3 saturated heterocycles. The lowest BCUT2D eigenvalue weighted by atomic mass is 9.69. The van der Waals surface area contributed by atoms with Gasteiger partial charge in [-0.1, -0.05) is 15.9 Å². The molecule has 0 aromatic heterocycles. The molecule has 1 aromatic carbocycles. The number of amides is 1. The second-order valence-electron chi connectivity index (χ2n) is 9.87. The summed E-state index contributed by atoms with van der Waals surface area (Å²) >= 11 is 3.42.